The molecule has 1 atom stereocenters. The summed E-state index contributed by atoms with van der Waals surface area (Å²) in [6.45, 7) is 11.8. The van der Waals surface area contributed by atoms with Gasteiger partial charge in [0.15, 0.2) is 11.6 Å². The maximum Gasteiger partial charge on any atom is 0.168 e. The molecule has 2 rings (SSSR count). The Morgan fingerprint density at radius 3 is 2.23 bits per heavy atom. The lowest BCUT2D eigenvalue weighted by atomic mass is 9.80. The maximum atomic E-state index is 14.0. The fraction of sp³-hybridized carbons (Fsp3) is 0.625. The number of hydrogen-bond donors (Lipinski definition) is 2. The zero-order chi connectivity index (χ0) is 14.9. The van der Waals surface area contributed by atoms with Crippen LogP contribution in [-0.2, 0) is 0 Å². The smallest absolute Gasteiger partial charge is 0.168 e. The first-order valence-electron chi connectivity index (χ1n) is 7.25. The number of aryl methyl sites for hydroxylation is 1. The summed E-state index contributed by atoms with van der Waals surface area (Å²) in [6.07, 6.45) is 0. The molecule has 1 aromatic rings. The first-order chi connectivity index (χ1) is 9.32. The van der Waals surface area contributed by atoms with Crippen LogP contribution >= 0.6 is 24.8 Å². The van der Waals surface area contributed by atoms with Gasteiger partial charge in [0.05, 0.1) is 0 Å². The van der Waals surface area contributed by atoms with E-state index >= 15 is 0 Å². The summed E-state index contributed by atoms with van der Waals surface area (Å²) in [6, 6.07) is 3.64. The van der Waals surface area contributed by atoms with Gasteiger partial charge in [0.2, 0.25) is 0 Å². The van der Waals surface area contributed by atoms with Crippen molar-refractivity contribution in [1.29, 1.82) is 0 Å². The monoisotopic (exact) mass is 352 g/mol. The Morgan fingerprint density at radius 1 is 1.18 bits per heavy atom. The van der Waals surface area contributed by atoms with Crippen molar-refractivity contribution in [3.63, 3.8) is 0 Å². The number of nitrogens with one attached hydrogen (secondary N) is 1. The lowest BCUT2D eigenvalue weighted by molar-refractivity contribution is 0.0838. The number of hydrogen-bond acceptors (Lipinski definition) is 3. The molecular weight excluding hydrogens is 326 g/mol. The first kappa shape index (κ1) is 21.4. The minimum absolute atomic E-state index is 0. The summed E-state index contributed by atoms with van der Waals surface area (Å²) in [7, 11) is 0. The van der Waals surface area contributed by atoms with E-state index in [9.17, 15) is 9.50 Å². The van der Waals surface area contributed by atoms with Crippen LogP contribution in [0.15, 0.2) is 12.1 Å². The van der Waals surface area contributed by atoms with Crippen molar-refractivity contribution in [1.82, 2.24) is 10.2 Å². The highest BCUT2D eigenvalue weighted by molar-refractivity contribution is 5.85. The molecule has 22 heavy (non-hydrogen) atoms. The molecule has 0 aliphatic carbocycles. The SMILES string of the molecule is Cc1ccc([C@H](N2CCNCC2)C(C)(C)C)c(O)c1F.Cl.Cl. The molecule has 1 aromatic carbocycles. The molecule has 0 amide bonds. The predicted octanol–water partition coefficient (Wildman–Crippen LogP) is 3.68. The highest BCUT2D eigenvalue weighted by atomic mass is 35.5. The molecule has 1 aliphatic heterocycles. The summed E-state index contributed by atoms with van der Waals surface area (Å²) < 4.78 is 14.0. The molecule has 0 bridgehead atoms. The van der Waals surface area contributed by atoms with Crippen LogP contribution in [0.3, 0.4) is 0 Å². The largest absolute Gasteiger partial charge is 0.505 e. The fourth-order valence-corrected chi connectivity index (χ4v) is 3.05. The summed E-state index contributed by atoms with van der Waals surface area (Å²) in [4.78, 5) is 2.33. The van der Waals surface area contributed by atoms with Gasteiger partial charge >= 0.3 is 0 Å². The summed E-state index contributed by atoms with van der Waals surface area (Å²) >= 11 is 0. The number of phenolic OH excluding ortho intramolecular Hbond substituents is 1. The molecular formula is C16H27Cl2FN2O. The molecule has 1 heterocycles. The molecule has 0 unspecified atom stereocenters. The molecule has 128 valence electrons. The molecule has 0 radical (unpaired) electrons. The van der Waals surface area contributed by atoms with E-state index in [-0.39, 0.29) is 42.0 Å². The van der Waals surface area contributed by atoms with Gasteiger partial charge in [0.1, 0.15) is 0 Å². The van der Waals surface area contributed by atoms with Crippen LogP contribution in [0.2, 0.25) is 0 Å². The third-order valence-electron chi connectivity index (χ3n) is 3.97. The van der Waals surface area contributed by atoms with Gasteiger partial charge in [0.25, 0.3) is 0 Å². The fourth-order valence-electron chi connectivity index (χ4n) is 3.05. The topological polar surface area (TPSA) is 35.5 Å². The average Bonchev–Trinajstić information content (AvgIpc) is 2.39. The number of phenols is 1. The highest BCUT2D eigenvalue weighted by Crippen LogP contribution is 2.42. The van der Waals surface area contributed by atoms with Crippen LogP contribution in [0.4, 0.5) is 4.39 Å². The Morgan fingerprint density at radius 2 is 1.73 bits per heavy atom. The Labute approximate surface area is 145 Å². The summed E-state index contributed by atoms with van der Waals surface area (Å²) in [5.41, 5.74) is 1.11. The van der Waals surface area contributed by atoms with Gasteiger partial charge in [0, 0.05) is 37.8 Å². The van der Waals surface area contributed by atoms with Crippen molar-refractivity contribution in [2.24, 2.45) is 5.41 Å². The number of nitrogens with zero attached hydrogens (tertiary/aromatic N) is 1. The van der Waals surface area contributed by atoms with Crippen LogP contribution in [0.1, 0.15) is 37.9 Å². The van der Waals surface area contributed by atoms with E-state index in [1.807, 2.05) is 6.07 Å². The highest BCUT2D eigenvalue weighted by Gasteiger charge is 2.35. The van der Waals surface area contributed by atoms with Gasteiger partial charge in [-0.05, 0) is 17.9 Å². The zero-order valence-corrected chi connectivity index (χ0v) is 15.3. The standard InChI is InChI=1S/C16H25FN2O.2ClH/c1-11-5-6-12(14(20)13(11)17)15(16(2,3)4)19-9-7-18-8-10-19;;/h5-6,15,18,20H,7-10H2,1-4H3;2*1H/t15-;;/m0../s1. The number of halogens is 3. The molecule has 2 N–H and O–H groups in total. The quantitative estimate of drug-likeness (QED) is 0.852. The van der Waals surface area contributed by atoms with Crippen LogP contribution in [0, 0.1) is 18.2 Å². The minimum Gasteiger partial charge on any atom is -0.505 e. The van der Waals surface area contributed by atoms with Crippen LogP contribution in [0.25, 0.3) is 0 Å². The van der Waals surface area contributed by atoms with Gasteiger partial charge in [-0.25, -0.2) is 4.39 Å². The van der Waals surface area contributed by atoms with E-state index in [1.165, 1.54) is 0 Å². The average molecular weight is 353 g/mol. The Balaban J connectivity index is 0.00000220. The van der Waals surface area contributed by atoms with Crippen molar-refractivity contribution in [3.05, 3.63) is 29.1 Å². The zero-order valence-electron chi connectivity index (χ0n) is 13.6. The Bertz CT molecular complexity index is 486. The lowest BCUT2D eigenvalue weighted by Crippen LogP contribution is -2.48. The molecule has 6 heteroatoms. The first-order valence-corrected chi connectivity index (χ1v) is 7.25. The lowest BCUT2D eigenvalue weighted by Gasteiger charge is -2.42. The molecule has 1 fully saturated rings. The second-order valence-corrected chi connectivity index (χ2v) is 6.69. The van der Waals surface area contributed by atoms with Crippen LogP contribution in [-0.4, -0.2) is 36.2 Å². The van der Waals surface area contributed by atoms with Crippen LogP contribution in [0.5, 0.6) is 5.75 Å². The van der Waals surface area contributed by atoms with E-state index in [4.69, 9.17) is 0 Å². The van der Waals surface area contributed by atoms with E-state index in [0.29, 0.717) is 11.1 Å². The molecule has 1 aliphatic rings. The van der Waals surface area contributed by atoms with Crippen molar-refractivity contribution >= 4 is 24.8 Å². The van der Waals surface area contributed by atoms with Gasteiger partial charge < -0.3 is 10.4 Å². The number of piperazine rings is 1. The third-order valence-corrected chi connectivity index (χ3v) is 3.97. The normalized spacial score (nSPS) is 17.3. The summed E-state index contributed by atoms with van der Waals surface area (Å²) in [5, 5.41) is 13.6. The van der Waals surface area contributed by atoms with Crippen molar-refractivity contribution in [2.75, 3.05) is 26.2 Å². The molecule has 0 saturated carbocycles. The van der Waals surface area contributed by atoms with Gasteiger partial charge in [-0.15, -0.1) is 24.8 Å². The van der Waals surface area contributed by atoms with E-state index in [0.717, 1.165) is 26.2 Å². The summed E-state index contributed by atoms with van der Waals surface area (Å²) in [5.74, 6) is -0.685. The molecule has 1 saturated heterocycles. The third kappa shape index (κ3) is 4.48. The van der Waals surface area contributed by atoms with Crippen molar-refractivity contribution in [2.45, 2.75) is 33.7 Å². The Kier molecular flexibility index (Phi) is 8.14. The van der Waals surface area contributed by atoms with E-state index in [2.05, 4.69) is 31.0 Å². The van der Waals surface area contributed by atoms with Gasteiger partial charge in [-0.1, -0.05) is 32.9 Å². The van der Waals surface area contributed by atoms with Gasteiger partial charge in [-0.2, -0.15) is 0 Å². The number of benzene rings is 1. The second kappa shape index (κ2) is 8.34. The Hall–Kier alpha value is -0.550. The van der Waals surface area contributed by atoms with E-state index in [1.54, 1.807) is 13.0 Å². The molecule has 0 spiro atoms. The van der Waals surface area contributed by atoms with Gasteiger partial charge in [-0.3, -0.25) is 4.90 Å². The minimum atomic E-state index is -0.494. The molecule has 3 nitrogen and oxygen atoms in total. The second-order valence-electron chi connectivity index (χ2n) is 6.69. The van der Waals surface area contributed by atoms with Crippen molar-refractivity contribution < 1.29 is 9.50 Å². The van der Waals surface area contributed by atoms with Crippen LogP contribution < -0.4 is 5.32 Å². The number of aromatic hydroxyl groups is 1. The number of rotatable bonds is 2. The predicted molar refractivity (Wildman–Crippen MR) is 93.9 cm³/mol. The van der Waals surface area contributed by atoms with Crippen molar-refractivity contribution in [3.8, 4) is 5.75 Å². The van der Waals surface area contributed by atoms with E-state index < -0.39 is 5.82 Å². The maximum absolute atomic E-state index is 14.0. The molecule has 0 aromatic heterocycles.